The van der Waals surface area contributed by atoms with Crippen LogP contribution < -0.4 is 5.32 Å². The first-order chi connectivity index (χ1) is 6.51. The van der Waals surface area contributed by atoms with Gasteiger partial charge in [-0.25, -0.2) is 9.97 Å². The summed E-state index contributed by atoms with van der Waals surface area (Å²) in [5, 5.41) is 3.07. The smallest absolute Gasteiger partial charge is 0.128 e. The minimum atomic E-state index is 0.254. The molecule has 0 unspecified atom stereocenters. The molecule has 3 nitrogen and oxygen atoms in total. The summed E-state index contributed by atoms with van der Waals surface area (Å²) in [7, 11) is 1.92. The molecule has 0 aromatic carbocycles. The predicted octanol–water partition coefficient (Wildman–Crippen LogP) is 1.78. The van der Waals surface area contributed by atoms with Gasteiger partial charge in [-0.05, 0) is 12.5 Å². The van der Waals surface area contributed by atoms with Crippen molar-refractivity contribution in [3.63, 3.8) is 0 Å². The molecule has 1 N–H and O–H groups in total. The van der Waals surface area contributed by atoms with Crippen molar-refractivity contribution in [1.29, 1.82) is 0 Å². The van der Waals surface area contributed by atoms with Gasteiger partial charge >= 0.3 is 0 Å². The zero-order valence-electron chi connectivity index (χ0n) is 9.46. The fourth-order valence-corrected chi connectivity index (χ4v) is 1.24. The van der Waals surface area contributed by atoms with E-state index in [9.17, 15) is 0 Å². The molecule has 1 aromatic rings. The summed E-state index contributed by atoms with van der Waals surface area (Å²) in [6.45, 7) is 7.41. The van der Waals surface area contributed by atoms with E-state index in [2.05, 4.69) is 36.1 Å². The number of aromatic nitrogens is 2. The Hall–Kier alpha value is -0.960. The SMILES string of the molecule is CNCc1cnc(CC(C)(C)C)nc1. The number of rotatable bonds is 3. The van der Waals surface area contributed by atoms with Crippen molar-refractivity contribution in [3.8, 4) is 0 Å². The fraction of sp³-hybridized carbons (Fsp3) is 0.636. The van der Waals surface area contributed by atoms with Crippen LogP contribution in [0, 0.1) is 5.41 Å². The summed E-state index contributed by atoms with van der Waals surface area (Å²) in [6, 6.07) is 0. The Morgan fingerprint density at radius 2 is 1.79 bits per heavy atom. The molecule has 14 heavy (non-hydrogen) atoms. The Bertz CT molecular complexity index is 272. The molecule has 78 valence electrons. The fourth-order valence-electron chi connectivity index (χ4n) is 1.24. The maximum Gasteiger partial charge on any atom is 0.128 e. The Labute approximate surface area is 86.0 Å². The predicted molar refractivity (Wildman–Crippen MR) is 58.0 cm³/mol. The first kappa shape index (κ1) is 11.1. The zero-order chi connectivity index (χ0) is 10.6. The number of hydrogen-bond acceptors (Lipinski definition) is 3. The van der Waals surface area contributed by atoms with E-state index in [0.29, 0.717) is 0 Å². The van der Waals surface area contributed by atoms with Crippen LogP contribution in [0.3, 0.4) is 0 Å². The van der Waals surface area contributed by atoms with E-state index in [1.807, 2.05) is 19.4 Å². The molecule has 0 aliphatic heterocycles. The zero-order valence-corrected chi connectivity index (χ0v) is 9.46. The van der Waals surface area contributed by atoms with Gasteiger partial charge in [0.05, 0.1) is 0 Å². The van der Waals surface area contributed by atoms with Crippen LogP contribution in [0.5, 0.6) is 0 Å². The van der Waals surface area contributed by atoms with Crippen LogP contribution in [0.2, 0.25) is 0 Å². The van der Waals surface area contributed by atoms with Gasteiger partial charge < -0.3 is 5.32 Å². The Morgan fingerprint density at radius 1 is 1.21 bits per heavy atom. The van der Waals surface area contributed by atoms with E-state index in [1.165, 1.54) is 0 Å². The lowest BCUT2D eigenvalue weighted by molar-refractivity contribution is 0.400. The number of nitrogens with zero attached hydrogens (tertiary/aromatic N) is 2. The van der Waals surface area contributed by atoms with Crippen molar-refractivity contribution in [2.24, 2.45) is 5.41 Å². The Balaban J connectivity index is 2.64. The second-order valence-corrected chi connectivity index (χ2v) is 4.78. The molecule has 0 saturated heterocycles. The first-order valence-electron chi connectivity index (χ1n) is 4.96. The van der Waals surface area contributed by atoms with Gasteiger partial charge in [0.1, 0.15) is 5.82 Å². The summed E-state index contributed by atoms with van der Waals surface area (Å²) in [5.41, 5.74) is 1.38. The van der Waals surface area contributed by atoms with Crippen LogP contribution in [0.25, 0.3) is 0 Å². The molecule has 1 rings (SSSR count). The first-order valence-corrected chi connectivity index (χ1v) is 4.96. The van der Waals surface area contributed by atoms with Crippen LogP contribution in [0.1, 0.15) is 32.2 Å². The summed E-state index contributed by atoms with van der Waals surface area (Å²) in [4.78, 5) is 8.66. The largest absolute Gasteiger partial charge is 0.316 e. The lowest BCUT2D eigenvalue weighted by Crippen LogP contribution is -2.13. The highest BCUT2D eigenvalue weighted by Gasteiger charge is 2.12. The molecule has 0 fully saturated rings. The average Bonchev–Trinajstić information content (AvgIpc) is 2.06. The van der Waals surface area contributed by atoms with Crippen molar-refractivity contribution in [2.45, 2.75) is 33.7 Å². The summed E-state index contributed by atoms with van der Waals surface area (Å²) >= 11 is 0. The molecule has 0 aliphatic rings. The molecule has 1 aromatic heterocycles. The Morgan fingerprint density at radius 3 is 2.21 bits per heavy atom. The molecule has 0 aliphatic carbocycles. The average molecular weight is 193 g/mol. The van der Waals surface area contributed by atoms with Crippen LogP contribution >= 0.6 is 0 Å². The maximum atomic E-state index is 4.33. The molecule has 0 atom stereocenters. The van der Waals surface area contributed by atoms with Crippen molar-refractivity contribution in [2.75, 3.05) is 7.05 Å². The third-order valence-electron chi connectivity index (χ3n) is 1.83. The Kier molecular flexibility index (Phi) is 3.58. The summed E-state index contributed by atoms with van der Waals surface area (Å²) < 4.78 is 0. The van der Waals surface area contributed by atoms with E-state index >= 15 is 0 Å². The highest BCUT2D eigenvalue weighted by Crippen LogP contribution is 2.17. The topological polar surface area (TPSA) is 37.8 Å². The quantitative estimate of drug-likeness (QED) is 0.795. The molecule has 0 radical (unpaired) electrons. The van der Waals surface area contributed by atoms with Crippen molar-refractivity contribution < 1.29 is 0 Å². The van der Waals surface area contributed by atoms with Crippen molar-refractivity contribution in [3.05, 3.63) is 23.8 Å². The van der Waals surface area contributed by atoms with Crippen molar-refractivity contribution >= 4 is 0 Å². The highest BCUT2D eigenvalue weighted by atomic mass is 14.9. The molecular weight excluding hydrogens is 174 g/mol. The molecule has 1 heterocycles. The second-order valence-electron chi connectivity index (χ2n) is 4.78. The molecule has 0 saturated carbocycles. The second kappa shape index (κ2) is 4.51. The van der Waals surface area contributed by atoms with E-state index in [4.69, 9.17) is 0 Å². The molecule has 0 amide bonds. The van der Waals surface area contributed by atoms with Gasteiger partial charge in [0.2, 0.25) is 0 Å². The van der Waals surface area contributed by atoms with Crippen LogP contribution in [0.15, 0.2) is 12.4 Å². The van der Waals surface area contributed by atoms with Gasteiger partial charge in [0.15, 0.2) is 0 Å². The number of hydrogen-bond donors (Lipinski definition) is 1. The summed E-state index contributed by atoms with van der Waals surface area (Å²) in [5.74, 6) is 0.928. The normalized spacial score (nSPS) is 11.7. The van der Waals surface area contributed by atoms with E-state index < -0.39 is 0 Å². The van der Waals surface area contributed by atoms with E-state index in [1.54, 1.807) is 0 Å². The van der Waals surface area contributed by atoms with E-state index in [0.717, 1.165) is 24.4 Å². The monoisotopic (exact) mass is 193 g/mol. The highest BCUT2D eigenvalue weighted by molar-refractivity contribution is 5.05. The van der Waals surface area contributed by atoms with Gasteiger partial charge in [-0.3, -0.25) is 0 Å². The minimum Gasteiger partial charge on any atom is -0.316 e. The third-order valence-corrected chi connectivity index (χ3v) is 1.83. The van der Waals surface area contributed by atoms with E-state index in [-0.39, 0.29) is 5.41 Å². The number of nitrogens with one attached hydrogen (secondary N) is 1. The van der Waals surface area contributed by atoms with Gasteiger partial charge in [0.25, 0.3) is 0 Å². The van der Waals surface area contributed by atoms with Crippen LogP contribution in [-0.2, 0) is 13.0 Å². The third kappa shape index (κ3) is 3.83. The van der Waals surface area contributed by atoms with Crippen LogP contribution in [0.4, 0.5) is 0 Å². The lowest BCUT2D eigenvalue weighted by Gasteiger charge is -2.16. The minimum absolute atomic E-state index is 0.254. The van der Waals surface area contributed by atoms with Gasteiger partial charge in [-0.15, -0.1) is 0 Å². The molecular formula is C11H19N3. The summed E-state index contributed by atoms with van der Waals surface area (Å²) in [6.07, 6.45) is 4.71. The standard InChI is InChI=1S/C11H19N3/c1-11(2,3)5-10-13-7-9(6-12-4)8-14-10/h7-8,12H,5-6H2,1-4H3. The molecule has 0 spiro atoms. The lowest BCUT2D eigenvalue weighted by atomic mass is 9.92. The van der Waals surface area contributed by atoms with Crippen molar-refractivity contribution in [1.82, 2.24) is 15.3 Å². The van der Waals surface area contributed by atoms with Crippen LogP contribution in [-0.4, -0.2) is 17.0 Å². The maximum absolute atomic E-state index is 4.33. The van der Waals surface area contributed by atoms with Gasteiger partial charge in [-0.2, -0.15) is 0 Å². The molecule has 0 bridgehead atoms. The van der Waals surface area contributed by atoms with Gasteiger partial charge in [0, 0.05) is 30.9 Å². The van der Waals surface area contributed by atoms with Gasteiger partial charge in [-0.1, -0.05) is 20.8 Å². The molecule has 3 heteroatoms.